The minimum Gasteiger partial charge on any atom is -0.345 e. The molecule has 35 heavy (non-hydrogen) atoms. The second kappa shape index (κ2) is 8.98. The minimum absolute atomic E-state index is 0.0554. The van der Waals surface area contributed by atoms with Gasteiger partial charge in [0, 0.05) is 24.4 Å². The number of halogens is 7. The molecule has 0 aliphatic rings. The third-order valence-corrected chi connectivity index (χ3v) is 5.67. The second-order valence-electron chi connectivity index (χ2n) is 7.37. The molecule has 184 valence electrons. The SMILES string of the molecule is CCn1cc(Br)c(CNC(=O)c2cc3nc(-c4ccc(F)cc4)cc(C(F)(F)C(F)(F)F)n3n2)n1. The Bertz CT molecular complexity index is 1400. The molecule has 0 saturated carbocycles. The summed E-state index contributed by atoms with van der Waals surface area (Å²) in [6, 6.07) is 5.88. The van der Waals surface area contributed by atoms with Crippen LogP contribution in [0.3, 0.4) is 0 Å². The minimum atomic E-state index is -5.94. The van der Waals surface area contributed by atoms with Crippen LogP contribution in [0, 0.1) is 5.82 Å². The van der Waals surface area contributed by atoms with Crippen molar-refractivity contribution < 1.29 is 31.1 Å². The Labute approximate surface area is 201 Å². The number of hydrogen-bond donors (Lipinski definition) is 1. The van der Waals surface area contributed by atoms with E-state index in [4.69, 9.17) is 0 Å². The van der Waals surface area contributed by atoms with E-state index in [1.807, 2.05) is 6.92 Å². The van der Waals surface area contributed by atoms with E-state index in [0.717, 1.165) is 18.2 Å². The molecular formula is C21H15BrF6N6O. The predicted octanol–water partition coefficient (Wildman–Crippen LogP) is 5.10. The zero-order valence-corrected chi connectivity index (χ0v) is 19.3. The molecule has 7 nitrogen and oxygen atoms in total. The molecule has 1 N–H and O–H groups in total. The topological polar surface area (TPSA) is 77.1 Å². The summed E-state index contributed by atoms with van der Waals surface area (Å²) in [6.45, 7) is 2.39. The molecule has 0 fully saturated rings. The van der Waals surface area contributed by atoms with Crippen LogP contribution in [0.2, 0.25) is 0 Å². The number of aromatic nitrogens is 5. The van der Waals surface area contributed by atoms with Gasteiger partial charge in [0.1, 0.15) is 11.5 Å². The van der Waals surface area contributed by atoms with Crippen molar-refractivity contribution >= 4 is 27.5 Å². The third-order valence-electron chi connectivity index (χ3n) is 5.01. The Morgan fingerprint density at radius 2 is 1.77 bits per heavy atom. The number of nitrogens with zero attached hydrogens (tertiary/aromatic N) is 5. The highest BCUT2D eigenvalue weighted by Crippen LogP contribution is 2.44. The first kappa shape index (κ1) is 24.7. The number of aryl methyl sites for hydroxylation is 1. The van der Waals surface area contributed by atoms with Gasteiger partial charge in [-0.05, 0) is 53.2 Å². The third kappa shape index (κ3) is 4.74. The number of amides is 1. The fourth-order valence-corrected chi connectivity index (χ4v) is 3.65. The molecule has 1 aromatic carbocycles. The van der Waals surface area contributed by atoms with Gasteiger partial charge in [-0.1, -0.05) is 0 Å². The molecular weight excluding hydrogens is 546 g/mol. The monoisotopic (exact) mass is 560 g/mol. The van der Waals surface area contributed by atoms with Crippen LogP contribution in [0.4, 0.5) is 26.3 Å². The van der Waals surface area contributed by atoms with Crippen LogP contribution in [-0.2, 0) is 19.0 Å². The van der Waals surface area contributed by atoms with Crippen LogP contribution in [0.1, 0.15) is 28.8 Å². The average molecular weight is 561 g/mol. The first-order chi connectivity index (χ1) is 16.4. The zero-order valence-electron chi connectivity index (χ0n) is 17.7. The molecule has 4 aromatic rings. The lowest BCUT2D eigenvalue weighted by Gasteiger charge is -2.21. The van der Waals surface area contributed by atoms with E-state index in [9.17, 15) is 31.1 Å². The summed E-state index contributed by atoms with van der Waals surface area (Å²) in [5.41, 5.74) is -2.11. The van der Waals surface area contributed by atoms with Crippen molar-refractivity contribution in [3.05, 3.63) is 70.0 Å². The summed E-state index contributed by atoms with van der Waals surface area (Å²) >= 11 is 3.30. The Hall–Kier alpha value is -3.42. The fourth-order valence-electron chi connectivity index (χ4n) is 3.20. The predicted molar refractivity (Wildman–Crippen MR) is 115 cm³/mol. The number of carbonyl (C=O) groups excluding carboxylic acids is 1. The van der Waals surface area contributed by atoms with Crippen molar-refractivity contribution in [2.45, 2.75) is 32.1 Å². The first-order valence-electron chi connectivity index (χ1n) is 10.0. The highest BCUT2D eigenvalue weighted by molar-refractivity contribution is 9.10. The van der Waals surface area contributed by atoms with Crippen LogP contribution >= 0.6 is 15.9 Å². The summed E-state index contributed by atoms with van der Waals surface area (Å²) in [5.74, 6) is -6.78. The van der Waals surface area contributed by atoms with Crippen LogP contribution in [-0.4, -0.2) is 36.5 Å². The Kier molecular flexibility index (Phi) is 6.34. The molecule has 1 amide bonds. The van der Waals surface area contributed by atoms with Crippen molar-refractivity contribution in [2.75, 3.05) is 0 Å². The van der Waals surface area contributed by atoms with Crippen LogP contribution in [0.25, 0.3) is 16.9 Å². The van der Waals surface area contributed by atoms with Crippen LogP contribution in [0.5, 0.6) is 0 Å². The molecule has 0 bridgehead atoms. The Morgan fingerprint density at radius 1 is 1.09 bits per heavy atom. The van der Waals surface area contributed by atoms with Gasteiger partial charge >= 0.3 is 12.1 Å². The smallest absolute Gasteiger partial charge is 0.345 e. The number of alkyl halides is 5. The molecule has 14 heteroatoms. The van der Waals surface area contributed by atoms with Gasteiger partial charge in [0.2, 0.25) is 0 Å². The van der Waals surface area contributed by atoms with Gasteiger partial charge < -0.3 is 5.32 Å². The number of benzene rings is 1. The molecule has 4 rings (SSSR count). The number of carbonyl (C=O) groups is 1. The number of nitrogens with one attached hydrogen (secondary N) is 1. The molecule has 0 radical (unpaired) electrons. The van der Waals surface area contributed by atoms with Crippen molar-refractivity contribution in [1.82, 2.24) is 29.7 Å². The molecule has 0 spiro atoms. The quantitative estimate of drug-likeness (QED) is 0.333. The lowest BCUT2D eigenvalue weighted by Crippen LogP contribution is -2.36. The maximum atomic E-state index is 14.4. The zero-order chi connectivity index (χ0) is 25.5. The van der Waals surface area contributed by atoms with Gasteiger partial charge in [0.05, 0.1) is 22.4 Å². The van der Waals surface area contributed by atoms with E-state index in [1.54, 1.807) is 10.9 Å². The van der Waals surface area contributed by atoms with E-state index >= 15 is 0 Å². The maximum Gasteiger partial charge on any atom is 0.459 e. The van der Waals surface area contributed by atoms with E-state index in [-0.39, 0.29) is 22.3 Å². The lowest BCUT2D eigenvalue weighted by atomic mass is 10.1. The first-order valence-corrected chi connectivity index (χ1v) is 10.8. The summed E-state index contributed by atoms with van der Waals surface area (Å²) in [6.07, 6.45) is -4.25. The summed E-state index contributed by atoms with van der Waals surface area (Å²) < 4.78 is 84.3. The molecule has 0 aliphatic carbocycles. The molecule has 3 heterocycles. The molecule has 0 saturated heterocycles. The van der Waals surface area contributed by atoms with Crippen molar-refractivity contribution in [3.8, 4) is 11.3 Å². The van der Waals surface area contributed by atoms with Gasteiger partial charge in [-0.3, -0.25) is 9.48 Å². The van der Waals surface area contributed by atoms with E-state index in [0.29, 0.717) is 22.8 Å². The van der Waals surface area contributed by atoms with Crippen LogP contribution < -0.4 is 5.32 Å². The van der Waals surface area contributed by atoms with Gasteiger partial charge in [-0.2, -0.15) is 32.1 Å². The van der Waals surface area contributed by atoms with Gasteiger partial charge in [-0.25, -0.2) is 13.9 Å². The molecule has 0 aliphatic heterocycles. The fraction of sp³-hybridized carbons (Fsp3) is 0.238. The maximum absolute atomic E-state index is 14.4. The van der Waals surface area contributed by atoms with Gasteiger partial charge in [0.25, 0.3) is 5.91 Å². The highest BCUT2D eigenvalue weighted by Gasteiger charge is 2.60. The standard InChI is InChI=1S/C21H15BrF6N6O/c1-2-33-10-13(22)16(31-33)9-29-19(35)15-8-18-30-14(11-3-5-12(23)6-4-11)7-17(34(18)32-15)20(24,25)21(26,27)28/h3-8,10H,2,9H2,1H3,(H,29,35). The summed E-state index contributed by atoms with van der Waals surface area (Å²) in [7, 11) is 0. The Morgan fingerprint density at radius 3 is 2.37 bits per heavy atom. The van der Waals surface area contributed by atoms with Crippen molar-refractivity contribution in [1.29, 1.82) is 0 Å². The average Bonchev–Trinajstić information content (AvgIpc) is 3.39. The number of rotatable bonds is 6. The second-order valence-corrected chi connectivity index (χ2v) is 8.22. The molecule has 3 aromatic heterocycles. The number of fused-ring (bicyclic) bond motifs is 1. The van der Waals surface area contributed by atoms with Crippen LogP contribution in [0.15, 0.2) is 47.1 Å². The molecule has 0 unspecified atom stereocenters. The Balaban J connectivity index is 1.75. The van der Waals surface area contributed by atoms with Crippen molar-refractivity contribution in [2.24, 2.45) is 0 Å². The van der Waals surface area contributed by atoms with Crippen molar-refractivity contribution in [3.63, 3.8) is 0 Å². The summed E-state index contributed by atoms with van der Waals surface area (Å²) in [5, 5.41) is 10.4. The lowest BCUT2D eigenvalue weighted by molar-refractivity contribution is -0.291. The van der Waals surface area contributed by atoms with Gasteiger partial charge in [-0.15, -0.1) is 0 Å². The summed E-state index contributed by atoms with van der Waals surface area (Å²) in [4.78, 5) is 16.7. The highest BCUT2D eigenvalue weighted by atomic mass is 79.9. The normalized spacial score (nSPS) is 12.3. The van der Waals surface area contributed by atoms with Gasteiger partial charge in [0.15, 0.2) is 11.3 Å². The number of hydrogen-bond acceptors (Lipinski definition) is 4. The van der Waals surface area contributed by atoms with E-state index < -0.39 is 40.9 Å². The van der Waals surface area contributed by atoms with E-state index in [1.165, 1.54) is 12.1 Å². The van der Waals surface area contributed by atoms with E-state index in [2.05, 4.69) is 36.4 Å². The molecule has 0 atom stereocenters. The largest absolute Gasteiger partial charge is 0.459 e.